The maximum absolute atomic E-state index is 9.51. The van der Waals surface area contributed by atoms with E-state index >= 15 is 0 Å². The largest absolute Gasteiger partial charge is 0.492 e. The summed E-state index contributed by atoms with van der Waals surface area (Å²) in [6, 6.07) is 2.15. The van der Waals surface area contributed by atoms with Crippen molar-refractivity contribution in [3.05, 3.63) is 28.8 Å². The smallest absolute Gasteiger partial charge is 0.231 e. The third-order valence-electron chi connectivity index (χ3n) is 5.10. The van der Waals surface area contributed by atoms with Crippen LogP contribution < -0.4 is 14.2 Å². The van der Waals surface area contributed by atoms with Crippen LogP contribution in [0, 0.1) is 0 Å². The summed E-state index contributed by atoms with van der Waals surface area (Å²) in [5.41, 5.74) is 4.41. The van der Waals surface area contributed by atoms with E-state index in [2.05, 4.69) is 43.1 Å². The molecule has 2 aliphatic heterocycles. The van der Waals surface area contributed by atoms with Crippen LogP contribution in [0.25, 0.3) is 0 Å². The molecule has 0 radical (unpaired) electrons. The first-order chi connectivity index (χ1) is 12.5. The normalized spacial score (nSPS) is 19.2. The van der Waals surface area contributed by atoms with E-state index in [9.17, 15) is 5.21 Å². The maximum atomic E-state index is 9.51. The van der Waals surface area contributed by atoms with Crippen LogP contribution in [0.5, 0.6) is 17.2 Å². The molecule has 0 aliphatic carbocycles. The number of hydrogen-bond acceptors (Lipinski definition) is 6. The molecule has 142 valence electrons. The number of nitrogens with zero attached hydrogens (tertiary/aromatic N) is 2. The zero-order valence-corrected chi connectivity index (χ0v) is 16.0. The highest BCUT2D eigenvalue weighted by molar-refractivity contribution is 5.85. The lowest BCUT2D eigenvalue weighted by atomic mass is 9.87. The second kappa shape index (κ2) is 7.99. The summed E-state index contributed by atoms with van der Waals surface area (Å²) in [7, 11) is 3.77. The molecule has 0 amide bonds. The molecule has 2 heterocycles. The van der Waals surface area contributed by atoms with Gasteiger partial charge in [-0.25, -0.2) is 0 Å². The van der Waals surface area contributed by atoms with E-state index in [1.807, 2.05) is 0 Å². The van der Waals surface area contributed by atoms with Crippen molar-refractivity contribution < 1.29 is 19.4 Å². The summed E-state index contributed by atoms with van der Waals surface area (Å²) < 4.78 is 16.9. The second-order valence-electron chi connectivity index (χ2n) is 7.15. The van der Waals surface area contributed by atoms with Crippen molar-refractivity contribution >= 4 is 5.71 Å². The first kappa shape index (κ1) is 18.6. The fourth-order valence-corrected chi connectivity index (χ4v) is 3.73. The SMILES string of the molecule is COc1c2c(cc3c1C(CC(CCC=C(C)C)=NO)N(C)CC3)OCO2. The number of benzene rings is 1. The Morgan fingerprint density at radius 2 is 2.23 bits per heavy atom. The van der Waals surface area contributed by atoms with Crippen LogP contribution in [0.3, 0.4) is 0 Å². The molecule has 6 nitrogen and oxygen atoms in total. The average molecular weight is 360 g/mol. The average Bonchev–Trinajstić information content (AvgIpc) is 3.08. The van der Waals surface area contributed by atoms with Crippen molar-refractivity contribution in [1.82, 2.24) is 4.90 Å². The lowest BCUT2D eigenvalue weighted by Gasteiger charge is -2.36. The number of hydrogen-bond donors (Lipinski definition) is 1. The van der Waals surface area contributed by atoms with E-state index in [1.165, 1.54) is 11.1 Å². The Morgan fingerprint density at radius 1 is 1.42 bits per heavy atom. The zero-order valence-electron chi connectivity index (χ0n) is 16.0. The number of ether oxygens (including phenoxy) is 3. The number of rotatable bonds is 6. The fourth-order valence-electron chi connectivity index (χ4n) is 3.73. The van der Waals surface area contributed by atoms with Gasteiger partial charge in [0.25, 0.3) is 0 Å². The van der Waals surface area contributed by atoms with E-state index in [1.54, 1.807) is 7.11 Å². The van der Waals surface area contributed by atoms with Gasteiger partial charge in [-0.15, -0.1) is 0 Å². The summed E-state index contributed by atoms with van der Waals surface area (Å²) in [5.74, 6) is 2.18. The summed E-state index contributed by atoms with van der Waals surface area (Å²) in [4.78, 5) is 2.29. The first-order valence-corrected chi connectivity index (χ1v) is 9.08. The predicted octanol–water partition coefficient (Wildman–Crippen LogP) is 3.92. The molecule has 0 aromatic heterocycles. The van der Waals surface area contributed by atoms with Gasteiger partial charge >= 0.3 is 0 Å². The molecule has 0 spiro atoms. The number of oxime groups is 1. The lowest BCUT2D eigenvalue weighted by Crippen LogP contribution is -2.34. The van der Waals surface area contributed by atoms with Gasteiger partial charge in [0.05, 0.1) is 12.8 Å². The Bertz CT molecular complexity index is 723. The molecule has 1 N–H and O–H groups in total. The Kier molecular flexibility index (Phi) is 5.71. The summed E-state index contributed by atoms with van der Waals surface area (Å²) in [6.45, 7) is 5.32. The van der Waals surface area contributed by atoms with Gasteiger partial charge in [0.1, 0.15) is 0 Å². The summed E-state index contributed by atoms with van der Waals surface area (Å²) in [5, 5.41) is 13.1. The predicted molar refractivity (Wildman–Crippen MR) is 101 cm³/mol. The van der Waals surface area contributed by atoms with Gasteiger partial charge in [-0.1, -0.05) is 16.8 Å². The maximum Gasteiger partial charge on any atom is 0.231 e. The van der Waals surface area contributed by atoms with E-state index in [-0.39, 0.29) is 12.8 Å². The molecule has 0 fully saturated rings. The topological polar surface area (TPSA) is 63.5 Å². The van der Waals surface area contributed by atoms with Crippen molar-refractivity contribution in [1.29, 1.82) is 0 Å². The zero-order chi connectivity index (χ0) is 18.7. The van der Waals surface area contributed by atoms with Gasteiger partial charge in [-0.05, 0) is 51.8 Å². The van der Waals surface area contributed by atoms with Crippen LogP contribution in [-0.2, 0) is 6.42 Å². The molecule has 0 bridgehead atoms. The standard InChI is InChI=1S/C20H28N2O4/c1-13(2)6-5-7-15(21-23)11-16-18-14(8-9-22(16)3)10-17-19(20(18)24-4)26-12-25-17/h6,10,16,23H,5,7-9,11-12H2,1-4H3. The molecule has 2 aliphatic rings. The number of likely N-dealkylation sites (N-methyl/N-ethyl adjacent to an activating group) is 1. The van der Waals surface area contributed by atoms with Gasteiger partial charge in [0.2, 0.25) is 12.5 Å². The first-order valence-electron chi connectivity index (χ1n) is 9.08. The highest BCUT2D eigenvalue weighted by Crippen LogP contribution is 2.50. The molecule has 1 aromatic rings. The van der Waals surface area contributed by atoms with Crippen molar-refractivity contribution in [2.75, 3.05) is 27.5 Å². The van der Waals surface area contributed by atoms with E-state index in [4.69, 9.17) is 14.2 Å². The van der Waals surface area contributed by atoms with Crippen molar-refractivity contribution in [3.63, 3.8) is 0 Å². The van der Waals surface area contributed by atoms with Crippen molar-refractivity contribution in [3.8, 4) is 17.2 Å². The third kappa shape index (κ3) is 3.65. The molecule has 26 heavy (non-hydrogen) atoms. The van der Waals surface area contributed by atoms with Gasteiger partial charge in [0, 0.05) is 24.6 Å². The fraction of sp³-hybridized carbons (Fsp3) is 0.550. The summed E-state index contributed by atoms with van der Waals surface area (Å²) >= 11 is 0. The van der Waals surface area contributed by atoms with Crippen LogP contribution in [-0.4, -0.2) is 43.3 Å². The number of methoxy groups -OCH3 is 1. The molecular formula is C20H28N2O4. The van der Waals surface area contributed by atoms with Gasteiger partial charge in [-0.3, -0.25) is 4.90 Å². The minimum absolute atomic E-state index is 0.0841. The molecule has 0 saturated heterocycles. The molecular weight excluding hydrogens is 332 g/mol. The van der Waals surface area contributed by atoms with Crippen molar-refractivity contribution in [2.45, 2.75) is 45.6 Å². The highest BCUT2D eigenvalue weighted by Gasteiger charge is 2.34. The van der Waals surface area contributed by atoms with Crippen LogP contribution in [0.4, 0.5) is 0 Å². The molecule has 1 unspecified atom stereocenters. The third-order valence-corrected chi connectivity index (χ3v) is 5.10. The minimum Gasteiger partial charge on any atom is -0.492 e. The monoisotopic (exact) mass is 360 g/mol. The van der Waals surface area contributed by atoms with Crippen LogP contribution >= 0.6 is 0 Å². The molecule has 3 rings (SSSR count). The van der Waals surface area contributed by atoms with Gasteiger partial charge in [-0.2, -0.15) is 0 Å². The van der Waals surface area contributed by atoms with Gasteiger partial charge in [0.15, 0.2) is 11.5 Å². The van der Waals surface area contributed by atoms with E-state index < -0.39 is 0 Å². The number of allylic oxidation sites excluding steroid dienone is 2. The second-order valence-corrected chi connectivity index (χ2v) is 7.15. The highest BCUT2D eigenvalue weighted by atomic mass is 16.7. The quantitative estimate of drug-likeness (QED) is 0.360. The Labute approximate surface area is 155 Å². The Hall–Kier alpha value is -2.21. The number of fused-ring (bicyclic) bond motifs is 2. The Balaban J connectivity index is 1.90. The Morgan fingerprint density at radius 3 is 2.92 bits per heavy atom. The van der Waals surface area contributed by atoms with Crippen LogP contribution in [0.15, 0.2) is 22.9 Å². The van der Waals surface area contributed by atoms with Crippen LogP contribution in [0.2, 0.25) is 0 Å². The lowest BCUT2D eigenvalue weighted by molar-refractivity contribution is 0.170. The minimum atomic E-state index is 0.0841. The molecule has 0 saturated carbocycles. The van der Waals surface area contributed by atoms with Crippen LogP contribution in [0.1, 0.15) is 50.3 Å². The van der Waals surface area contributed by atoms with Gasteiger partial charge < -0.3 is 19.4 Å². The van der Waals surface area contributed by atoms with Crippen molar-refractivity contribution in [2.24, 2.45) is 5.16 Å². The molecule has 1 aromatic carbocycles. The molecule has 6 heteroatoms. The molecule has 1 atom stereocenters. The van der Waals surface area contributed by atoms with E-state index in [0.29, 0.717) is 12.2 Å². The van der Waals surface area contributed by atoms with E-state index in [0.717, 1.165) is 48.6 Å². The summed E-state index contributed by atoms with van der Waals surface area (Å²) in [6.07, 6.45) is 5.38.